The first kappa shape index (κ1) is 9.13. The zero-order valence-corrected chi connectivity index (χ0v) is 9.08. The number of fused-ring (bicyclic) bond motifs is 1. The number of halogens is 1. The van der Waals surface area contributed by atoms with Gasteiger partial charge in [0.2, 0.25) is 0 Å². The van der Waals surface area contributed by atoms with Gasteiger partial charge in [0.25, 0.3) is 0 Å². The van der Waals surface area contributed by atoms with Gasteiger partial charge in [0.1, 0.15) is 5.60 Å². The second-order valence-corrected chi connectivity index (χ2v) is 4.48. The maximum Gasteiger partial charge on any atom is 0.114 e. The van der Waals surface area contributed by atoms with Crippen LogP contribution in [0.3, 0.4) is 0 Å². The van der Waals surface area contributed by atoms with E-state index in [0.717, 1.165) is 17.5 Å². The van der Waals surface area contributed by atoms with Gasteiger partial charge in [-0.3, -0.25) is 4.98 Å². The Hall–Kier alpha value is -1.12. The summed E-state index contributed by atoms with van der Waals surface area (Å²) in [6.45, 7) is 2.88. The van der Waals surface area contributed by atoms with Crippen LogP contribution in [0.1, 0.15) is 12.5 Å². The van der Waals surface area contributed by atoms with E-state index >= 15 is 0 Å². The molecule has 0 radical (unpaired) electrons. The van der Waals surface area contributed by atoms with Crippen LogP contribution in [0.4, 0.5) is 0 Å². The summed E-state index contributed by atoms with van der Waals surface area (Å²) in [5.74, 6) is 0. The Morgan fingerprint density at radius 2 is 2.20 bits per heavy atom. The summed E-state index contributed by atoms with van der Waals surface area (Å²) in [5, 5.41) is 1.84. The minimum Gasteiger partial charge on any atom is -0.365 e. The molecule has 0 spiro atoms. The molecule has 3 heteroatoms. The number of pyridine rings is 1. The fourth-order valence-electron chi connectivity index (χ4n) is 1.85. The third kappa shape index (κ3) is 1.41. The topological polar surface area (TPSA) is 25.4 Å². The maximum absolute atomic E-state index is 5.93. The van der Waals surface area contributed by atoms with E-state index < -0.39 is 0 Å². The lowest BCUT2D eigenvalue weighted by atomic mass is 9.98. The SMILES string of the molecule is CC1(c2ccnc3cc(Cl)ccc23)CO1. The number of rotatable bonds is 1. The van der Waals surface area contributed by atoms with Crippen molar-refractivity contribution in [2.75, 3.05) is 6.61 Å². The molecule has 1 fully saturated rings. The highest BCUT2D eigenvalue weighted by molar-refractivity contribution is 6.31. The van der Waals surface area contributed by atoms with Crippen LogP contribution in [-0.2, 0) is 10.3 Å². The largest absolute Gasteiger partial charge is 0.365 e. The predicted molar refractivity (Wildman–Crippen MR) is 60.1 cm³/mol. The highest BCUT2D eigenvalue weighted by Gasteiger charge is 2.42. The molecule has 0 N–H and O–H groups in total. The monoisotopic (exact) mass is 219 g/mol. The number of nitrogens with zero attached hydrogens (tertiary/aromatic N) is 1. The lowest BCUT2D eigenvalue weighted by Crippen LogP contribution is -2.03. The Balaban J connectivity index is 2.31. The zero-order valence-electron chi connectivity index (χ0n) is 8.33. The van der Waals surface area contributed by atoms with Gasteiger partial charge in [0, 0.05) is 16.6 Å². The Labute approximate surface area is 92.8 Å². The predicted octanol–water partition coefficient (Wildman–Crippen LogP) is 3.13. The van der Waals surface area contributed by atoms with Crippen molar-refractivity contribution in [3.05, 3.63) is 41.0 Å². The fourth-order valence-corrected chi connectivity index (χ4v) is 2.01. The Morgan fingerprint density at radius 3 is 2.93 bits per heavy atom. The Kier molecular flexibility index (Phi) is 1.79. The van der Waals surface area contributed by atoms with Gasteiger partial charge in [-0.05, 0) is 30.7 Å². The van der Waals surface area contributed by atoms with Crippen molar-refractivity contribution in [3.63, 3.8) is 0 Å². The lowest BCUT2D eigenvalue weighted by molar-refractivity contribution is 0.331. The molecule has 1 aromatic heterocycles. The van der Waals surface area contributed by atoms with Crippen LogP contribution in [-0.4, -0.2) is 11.6 Å². The van der Waals surface area contributed by atoms with Gasteiger partial charge < -0.3 is 4.74 Å². The molecule has 2 aromatic rings. The van der Waals surface area contributed by atoms with Gasteiger partial charge in [0.15, 0.2) is 0 Å². The van der Waals surface area contributed by atoms with Gasteiger partial charge in [-0.15, -0.1) is 0 Å². The molecule has 2 nitrogen and oxygen atoms in total. The van der Waals surface area contributed by atoms with E-state index in [1.54, 1.807) is 6.20 Å². The number of hydrogen-bond donors (Lipinski definition) is 0. The van der Waals surface area contributed by atoms with E-state index in [4.69, 9.17) is 16.3 Å². The van der Waals surface area contributed by atoms with Crippen molar-refractivity contribution in [1.82, 2.24) is 4.98 Å². The van der Waals surface area contributed by atoms with Crippen LogP contribution in [0, 0.1) is 0 Å². The smallest absolute Gasteiger partial charge is 0.114 e. The fraction of sp³-hybridized carbons (Fsp3) is 0.250. The molecule has 3 rings (SSSR count). The van der Waals surface area contributed by atoms with Gasteiger partial charge in [-0.2, -0.15) is 0 Å². The summed E-state index contributed by atoms with van der Waals surface area (Å²) in [7, 11) is 0. The van der Waals surface area contributed by atoms with Crippen LogP contribution < -0.4 is 0 Å². The quantitative estimate of drug-likeness (QED) is 0.689. The third-order valence-corrected chi connectivity index (χ3v) is 3.09. The molecule has 1 unspecified atom stereocenters. The molecule has 0 amide bonds. The van der Waals surface area contributed by atoms with E-state index in [1.165, 1.54) is 5.56 Å². The first-order valence-electron chi connectivity index (χ1n) is 4.88. The second-order valence-electron chi connectivity index (χ2n) is 4.04. The van der Waals surface area contributed by atoms with Gasteiger partial charge >= 0.3 is 0 Å². The average Bonchev–Trinajstić information content (AvgIpc) is 2.96. The molecular weight excluding hydrogens is 210 g/mol. The lowest BCUT2D eigenvalue weighted by Gasteiger charge is -2.09. The van der Waals surface area contributed by atoms with Crippen LogP contribution >= 0.6 is 11.6 Å². The summed E-state index contributed by atoms with van der Waals surface area (Å²) < 4.78 is 5.46. The molecule has 76 valence electrons. The molecule has 1 aliphatic heterocycles. The van der Waals surface area contributed by atoms with Crippen molar-refractivity contribution in [3.8, 4) is 0 Å². The number of hydrogen-bond acceptors (Lipinski definition) is 2. The molecular formula is C12H10ClNO. The molecule has 0 bridgehead atoms. The van der Waals surface area contributed by atoms with E-state index in [9.17, 15) is 0 Å². The molecule has 0 saturated carbocycles. The third-order valence-electron chi connectivity index (χ3n) is 2.85. The molecule has 1 aromatic carbocycles. The molecule has 15 heavy (non-hydrogen) atoms. The van der Waals surface area contributed by atoms with E-state index in [0.29, 0.717) is 5.02 Å². The summed E-state index contributed by atoms with van der Waals surface area (Å²) >= 11 is 5.93. The standard InChI is InChI=1S/C12H10ClNO/c1-12(7-15-12)10-4-5-14-11-6-8(13)2-3-9(10)11/h2-6H,7H2,1H3. The first-order valence-corrected chi connectivity index (χ1v) is 5.26. The molecule has 0 aliphatic carbocycles. The van der Waals surface area contributed by atoms with Crippen molar-refractivity contribution < 1.29 is 4.74 Å². The number of benzene rings is 1. The van der Waals surface area contributed by atoms with Crippen molar-refractivity contribution in [1.29, 1.82) is 0 Å². The number of aromatic nitrogens is 1. The normalized spacial score (nSPS) is 24.4. The van der Waals surface area contributed by atoms with Gasteiger partial charge in [0.05, 0.1) is 12.1 Å². The van der Waals surface area contributed by atoms with Crippen LogP contribution in [0.2, 0.25) is 5.02 Å². The second kappa shape index (κ2) is 2.94. The van der Waals surface area contributed by atoms with Crippen LogP contribution in [0.5, 0.6) is 0 Å². The number of ether oxygens (including phenoxy) is 1. The molecule has 1 saturated heterocycles. The van der Waals surface area contributed by atoms with Gasteiger partial charge in [-0.1, -0.05) is 17.7 Å². The Morgan fingerprint density at radius 1 is 1.40 bits per heavy atom. The average molecular weight is 220 g/mol. The highest BCUT2D eigenvalue weighted by atomic mass is 35.5. The van der Waals surface area contributed by atoms with E-state index in [2.05, 4.69) is 11.9 Å². The number of epoxide rings is 1. The highest BCUT2D eigenvalue weighted by Crippen LogP contribution is 2.41. The van der Waals surface area contributed by atoms with Crippen LogP contribution in [0.15, 0.2) is 30.5 Å². The van der Waals surface area contributed by atoms with E-state index in [-0.39, 0.29) is 5.60 Å². The molecule has 2 heterocycles. The summed E-state index contributed by atoms with van der Waals surface area (Å²) in [5.41, 5.74) is 2.01. The van der Waals surface area contributed by atoms with Crippen molar-refractivity contribution in [2.45, 2.75) is 12.5 Å². The van der Waals surface area contributed by atoms with Crippen molar-refractivity contribution in [2.24, 2.45) is 0 Å². The van der Waals surface area contributed by atoms with Crippen molar-refractivity contribution >= 4 is 22.5 Å². The summed E-state index contributed by atoms with van der Waals surface area (Å²) in [6.07, 6.45) is 1.81. The minimum absolute atomic E-state index is 0.116. The maximum atomic E-state index is 5.93. The van der Waals surface area contributed by atoms with Crippen LogP contribution in [0.25, 0.3) is 10.9 Å². The first-order chi connectivity index (χ1) is 7.19. The Bertz CT molecular complexity index is 534. The minimum atomic E-state index is -0.116. The molecule has 1 atom stereocenters. The van der Waals surface area contributed by atoms with E-state index in [1.807, 2.05) is 24.3 Å². The zero-order chi connectivity index (χ0) is 10.5. The summed E-state index contributed by atoms with van der Waals surface area (Å²) in [4.78, 5) is 4.30. The molecule has 1 aliphatic rings. The van der Waals surface area contributed by atoms with Gasteiger partial charge in [-0.25, -0.2) is 0 Å². The summed E-state index contributed by atoms with van der Waals surface area (Å²) in [6, 6.07) is 7.79.